The predicted octanol–water partition coefficient (Wildman–Crippen LogP) is 7.75. The molecule has 2 aliphatic heterocycles. The minimum atomic E-state index is -3.57. The Balaban J connectivity index is 0.000000183. The third-order valence-corrected chi connectivity index (χ3v) is 12.4. The van der Waals surface area contributed by atoms with Crippen LogP contribution in [-0.4, -0.2) is 120 Å². The lowest BCUT2D eigenvalue weighted by molar-refractivity contribution is 0.00842. The smallest absolute Gasteiger partial charge is 0.410 e. The number of nitrogens with zero attached hydrogens (tertiary/aromatic N) is 10. The molecule has 8 rings (SSSR count). The Bertz CT molecular complexity index is 3180. The topological polar surface area (TPSA) is 266 Å². The molecule has 25 heteroatoms. The number of nitrogens with one attached hydrogen (secondary N) is 2. The number of hydrogen-bond acceptors (Lipinski definition) is 14. The first-order chi connectivity index (χ1) is 32.7. The fourth-order valence-electron chi connectivity index (χ4n) is 7.95. The fourth-order valence-corrected chi connectivity index (χ4v) is 9.45. The van der Waals surface area contributed by atoms with Crippen LogP contribution in [0.25, 0.3) is 11.6 Å². The average molecular weight is 1040 g/mol. The van der Waals surface area contributed by atoms with Gasteiger partial charge in [0.05, 0.1) is 47.1 Å². The Labute approximate surface area is 416 Å². The third-order valence-electron chi connectivity index (χ3n) is 10.8. The van der Waals surface area contributed by atoms with Crippen LogP contribution in [-0.2, 0) is 24.8 Å². The molecular formula is C45H56Cl2N12O9S2. The lowest BCUT2D eigenvalue weighted by atomic mass is 10.00. The van der Waals surface area contributed by atoms with Crippen LogP contribution < -0.4 is 9.44 Å². The number of carbonyl (C=O) groups is 3. The van der Waals surface area contributed by atoms with Gasteiger partial charge in [0.25, 0.3) is 17.5 Å². The number of fused-ring (bicyclic) bond motifs is 2. The number of rotatable bonds is 8. The molecule has 2 fully saturated rings. The number of carbonyl (C=O) groups excluding carboxylic acids is 2. The van der Waals surface area contributed by atoms with E-state index in [9.17, 15) is 31.2 Å². The molecule has 0 radical (unpaired) electrons. The number of aryl methyl sites for hydroxylation is 4. The zero-order chi connectivity index (χ0) is 51.5. The summed E-state index contributed by atoms with van der Waals surface area (Å²) in [5.41, 5.74) is 3.32. The van der Waals surface area contributed by atoms with Gasteiger partial charge < -0.3 is 14.7 Å². The molecule has 2 aliphatic rings. The van der Waals surface area contributed by atoms with E-state index >= 15 is 0 Å². The van der Waals surface area contributed by atoms with Gasteiger partial charge in [-0.05, 0) is 136 Å². The fraction of sp³-hybridized carbons (Fsp3) is 0.444. The van der Waals surface area contributed by atoms with Crippen molar-refractivity contribution >= 4 is 84.1 Å². The van der Waals surface area contributed by atoms with Crippen LogP contribution in [0.3, 0.4) is 0 Å². The number of carboxylic acid groups (broad SMARTS) is 1. The van der Waals surface area contributed by atoms with E-state index in [2.05, 4.69) is 39.6 Å². The van der Waals surface area contributed by atoms with E-state index in [4.69, 9.17) is 33.0 Å². The Kier molecular flexibility index (Phi) is 16.3. The van der Waals surface area contributed by atoms with Gasteiger partial charge in [-0.3, -0.25) is 19.1 Å². The second-order valence-electron chi connectivity index (χ2n) is 18.1. The lowest BCUT2D eigenvalue weighted by Crippen LogP contribution is -2.42. The predicted molar refractivity (Wildman–Crippen MR) is 264 cm³/mol. The van der Waals surface area contributed by atoms with Gasteiger partial charge in [0.1, 0.15) is 5.60 Å². The van der Waals surface area contributed by atoms with Crippen molar-refractivity contribution in [1.82, 2.24) is 49.0 Å². The largest absolute Gasteiger partial charge is 0.478 e. The normalized spacial score (nSPS) is 16.4. The van der Waals surface area contributed by atoms with Gasteiger partial charge in [-0.2, -0.15) is 9.97 Å². The molecule has 21 nitrogen and oxygen atoms in total. The Hall–Kier alpha value is -6.17. The van der Waals surface area contributed by atoms with Crippen LogP contribution in [0.5, 0.6) is 0 Å². The number of piperidine rings is 2. The van der Waals surface area contributed by atoms with Crippen LogP contribution in [0.15, 0.2) is 48.5 Å². The molecule has 2 saturated heterocycles. The van der Waals surface area contributed by atoms with Gasteiger partial charge in [-0.1, -0.05) is 23.2 Å². The number of aromatic carboxylic acids is 1. The molecule has 6 heterocycles. The Morgan fingerprint density at radius 3 is 1.53 bits per heavy atom. The molecule has 2 unspecified atom stereocenters. The summed E-state index contributed by atoms with van der Waals surface area (Å²) in [5, 5.41) is 18.6. The number of benzene rings is 2. The van der Waals surface area contributed by atoms with Crippen molar-refractivity contribution in [3.05, 3.63) is 104 Å². The summed E-state index contributed by atoms with van der Waals surface area (Å²) in [6.07, 6.45) is 7.01. The van der Waals surface area contributed by atoms with Crippen LogP contribution in [0.1, 0.15) is 127 Å². The van der Waals surface area contributed by atoms with Crippen molar-refractivity contribution in [2.75, 3.05) is 35.0 Å². The Morgan fingerprint density at radius 1 is 0.657 bits per heavy atom. The second kappa shape index (κ2) is 21.4. The van der Waals surface area contributed by atoms with Crippen molar-refractivity contribution in [1.29, 1.82) is 0 Å². The molecule has 6 aromatic rings. The standard InChI is InChI=1S/C20H23ClN6O3S.C17H25N5O2.C8H8ClNO4S/c1-12-10-13(2)27-20(22-12)23-18(24-27)17-6-4-5-9-26(17)19(28)15-11-14(21)7-8-16(15)25-31(3,29)30;1-11-10-12(2)22-15(18-11)19-14(20-22)13-8-6-7-9-21(13)16(23)24-17(3,4)5;1-15(13,14)10-7-3-2-5(9)4-6(7)8(11)12/h7-8,10-11,17,25H,4-6,9H2,1-3H3;10,13H,6-9H2,1-5H3;2-4,10H,1H3,(H,11,12). The highest BCUT2D eigenvalue weighted by Gasteiger charge is 2.35. The maximum atomic E-state index is 13.5. The molecule has 70 heavy (non-hydrogen) atoms. The highest BCUT2D eigenvalue weighted by Crippen LogP contribution is 2.34. The van der Waals surface area contributed by atoms with E-state index < -0.39 is 31.6 Å². The second-order valence-corrected chi connectivity index (χ2v) is 22.4. The van der Waals surface area contributed by atoms with E-state index in [1.165, 1.54) is 30.3 Å². The molecule has 2 atom stereocenters. The molecule has 376 valence electrons. The molecule has 0 bridgehead atoms. The number of ether oxygens (including phenoxy) is 1. The molecule has 2 amide bonds. The summed E-state index contributed by atoms with van der Waals surface area (Å²) in [7, 11) is -7.07. The minimum Gasteiger partial charge on any atom is -0.478 e. The van der Waals surface area contributed by atoms with E-state index in [-0.39, 0.29) is 51.6 Å². The maximum Gasteiger partial charge on any atom is 0.410 e. The number of likely N-dealkylation sites (tertiary alicyclic amines) is 2. The molecule has 3 N–H and O–H groups in total. The van der Waals surface area contributed by atoms with Crippen LogP contribution in [0, 0.1) is 27.7 Å². The molecule has 0 spiro atoms. The number of aromatic nitrogens is 8. The Morgan fingerprint density at radius 2 is 1.09 bits per heavy atom. The van der Waals surface area contributed by atoms with Crippen molar-refractivity contribution in [2.45, 2.75) is 105 Å². The highest BCUT2D eigenvalue weighted by atomic mass is 35.5. The van der Waals surface area contributed by atoms with Crippen molar-refractivity contribution in [2.24, 2.45) is 0 Å². The maximum absolute atomic E-state index is 13.5. The number of halogens is 2. The van der Waals surface area contributed by atoms with E-state index in [1.807, 2.05) is 60.6 Å². The van der Waals surface area contributed by atoms with Crippen LogP contribution in [0.4, 0.5) is 16.2 Å². The summed E-state index contributed by atoms with van der Waals surface area (Å²) >= 11 is 11.7. The van der Waals surface area contributed by atoms with Gasteiger partial charge in [-0.25, -0.2) is 45.4 Å². The summed E-state index contributed by atoms with van der Waals surface area (Å²) in [4.78, 5) is 58.4. The van der Waals surface area contributed by atoms with Crippen molar-refractivity contribution in [3.8, 4) is 0 Å². The third kappa shape index (κ3) is 13.8. The SMILES string of the molecule is CS(=O)(=O)Nc1ccc(Cl)cc1C(=O)O.Cc1cc(C)n2nc(C3CCCCN3C(=O)OC(C)(C)C)nc2n1.Cc1cc(C)n2nc(C3CCCCN3C(=O)c3cc(Cl)ccc3NS(C)(=O)=O)nc2n1. The molecular weight excluding hydrogens is 988 g/mol. The number of amides is 2. The molecule has 2 aromatic carbocycles. The zero-order valence-corrected chi connectivity index (χ0v) is 43.3. The number of anilines is 2. The molecule has 0 saturated carbocycles. The summed E-state index contributed by atoms with van der Waals surface area (Å²) in [5.74, 6) is 0.669. The summed E-state index contributed by atoms with van der Waals surface area (Å²) in [6, 6.07) is 11.8. The summed E-state index contributed by atoms with van der Waals surface area (Å²) < 4.78 is 58.9. The van der Waals surface area contributed by atoms with E-state index in [0.29, 0.717) is 47.7 Å². The van der Waals surface area contributed by atoms with E-state index in [1.54, 1.807) is 24.9 Å². The zero-order valence-electron chi connectivity index (χ0n) is 40.2. The van der Waals surface area contributed by atoms with Gasteiger partial charge in [0, 0.05) is 45.9 Å². The van der Waals surface area contributed by atoms with E-state index in [0.717, 1.165) is 67.4 Å². The van der Waals surface area contributed by atoms with Gasteiger partial charge in [0.15, 0.2) is 11.6 Å². The molecule has 4 aromatic heterocycles. The number of carboxylic acids is 1. The minimum absolute atomic E-state index is 0.00519. The van der Waals surface area contributed by atoms with Crippen LogP contribution in [0.2, 0.25) is 10.0 Å². The summed E-state index contributed by atoms with van der Waals surface area (Å²) in [6.45, 7) is 14.6. The van der Waals surface area contributed by atoms with Crippen LogP contribution >= 0.6 is 23.2 Å². The first-order valence-electron chi connectivity index (χ1n) is 22.2. The number of sulfonamides is 2. The van der Waals surface area contributed by atoms with Gasteiger partial charge >= 0.3 is 12.1 Å². The highest BCUT2D eigenvalue weighted by molar-refractivity contribution is 7.92. The van der Waals surface area contributed by atoms with Crippen molar-refractivity contribution in [3.63, 3.8) is 0 Å². The average Bonchev–Trinajstić information content (AvgIpc) is 3.89. The van der Waals surface area contributed by atoms with Crippen molar-refractivity contribution < 1.29 is 41.1 Å². The molecule has 0 aliphatic carbocycles. The van der Waals surface area contributed by atoms with Gasteiger partial charge in [-0.15, -0.1) is 10.2 Å². The monoisotopic (exact) mass is 1040 g/mol. The first kappa shape index (κ1) is 53.2. The first-order valence-corrected chi connectivity index (χ1v) is 26.7. The quantitative estimate of drug-likeness (QED) is 0.132. The van der Waals surface area contributed by atoms with Gasteiger partial charge in [0.2, 0.25) is 20.0 Å². The number of hydrogen-bond donors (Lipinski definition) is 3. The lowest BCUT2D eigenvalue weighted by Gasteiger charge is -2.35.